The van der Waals surface area contributed by atoms with E-state index in [0.29, 0.717) is 5.82 Å². The van der Waals surface area contributed by atoms with Gasteiger partial charge in [-0.05, 0) is 20.2 Å². The molecule has 0 aliphatic carbocycles. The lowest BCUT2D eigenvalue weighted by Gasteiger charge is -2.33. The minimum absolute atomic E-state index is 0.277. The summed E-state index contributed by atoms with van der Waals surface area (Å²) in [6.45, 7) is 4.51. The van der Waals surface area contributed by atoms with Crippen LogP contribution in [0.3, 0.4) is 0 Å². The van der Waals surface area contributed by atoms with Gasteiger partial charge in [-0.3, -0.25) is 4.90 Å². The quantitative estimate of drug-likeness (QED) is 0.829. The predicted molar refractivity (Wildman–Crippen MR) is 86.7 cm³/mol. The van der Waals surface area contributed by atoms with Crippen molar-refractivity contribution < 1.29 is 4.74 Å². The lowest BCUT2D eigenvalue weighted by atomic mass is 10.2. The van der Waals surface area contributed by atoms with E-state index in [0.717, 1.165) is 43.5 Å². The van der Waals surface area contributed by atoms with Crippen molar-refractivity contribution in [3.8, 4) is 10.8 Å². The predicted octanol–water partition coefficient (Wildman–Crippen LogP) is 1.36. The SMILES string of the molecule is CN(C)C[C@H]1CN(Cc2csc(-c3ncccn3)n2)CCO1. The molecule has 3 rings (SSSR count). The number of thiazole rings is 1. The Bertz CT molecular complexity index is 589. The molecular formula is C15H21N5OS. The highest BCUT2D eigenvalue weighted by Crippen LogP contribution is 2.21. The van der Waals surface area contributed by atoms with Crippen LogP contribution in [0.4, 0.5) is 0 Å². The van der Waals surface area contributed by atoms with Crippen molar-refractivity contribution >= 4 is 11.3 Å². The molecule has 1 atom stereocenters. The van der Waals surface area contributed by atoms with Crippen LogP contribution in [0.1, 0.15) is 5.69 Å². The zero-order valence-corrected chi connectivity index (χ0v) is 13.8. The molecule has 2 aromatic heterocycles. The molecule has 0 radical (unpaired) electrons. The van der Waals surface area contributed by atoms with Gasteiger partial charge in [0, 0.05) is 44.0 Å². The molecule has 1 aliphatic heterocycles. The zero-order valence-electron chi connectivity index (χ0n) is 13.0. The molecule has 118 valence electrons. The Morgan fingerprint density at radius 3 is 2.95 bits per heavy atom. The summed E-state index contributed by atoms with van der Waals surface area (Å²) in [5.74, 6) is 0.700. The first-order valence-electron chi connectivity index (χ1n) is 7.41. The number of aromatic nitrogens is 3. The summed E-state index contributed by atoms with van der Waals surface area (Å²) >= 11 is 1.60. The van der Waals surface area contributed by atoms with Gasteiger partial charge >= 0.3 is 0 Å². The summed E-state index contributed by atoms with van der Waals surface area (Å²) in [6, 6.07) is 1.82. The Hall–Kier alpha value is -1.41. The fraction of sp³-hybridized carbons (Fsp3) is 0.533. The van der Waals surface area contributed by atoms with Crippen LogP contribution < -0.4 is 0 Å². The van der Waals surface area contributed by atoms with E-state index in [9.17, 15) is 0 Å². The molecule has 0 aromatic carbocycles. The zero-order chi connectivity index (χ0) is 15.4. The molecule has 22 heavy (non-hydrogen) atoms. The smallest absolute Gasteiger partial charge is 0.188 e. The lowest BCUT2D eigenvalue weighted by Crippen LogP contribution is -2.46. The molecule has 0 amide bonds. The van der Waals surface area contributed by atoms with Crippen molar-refractivity contribution in [3.05, 3.63) is 29.5 Å². The Morgan fingerprint density at radius 2 is 2.18 bits per heavy atom. The van der Waals surface area contributed by atoms with Crippen molar-refractivity contribution in [1.29, 1.82) is 0 Å². The second kappa shape index (κ2) is 7.23. The first kappa shape index (κ1) is 15.5. The standard InChI is InChI=1S/C15H21N5OS/c1-19(2)9-13-10-20(6-7-21-13)8-12-11-22-15(18-12)14-16-4-3-5-17-14/h3-5,11,13H,6-10H2,1-2H3/t13-/m0/s1. The minimum atomic E-state index is 0.277. The molecule has 0 saturated carbocycles. The van der Waals surface area contributed by atoms with Gasteiger partial charge < -0.3 is 9.64 Å². The van der Waals surface area contributed by atoms with Crippen LogP contribution in [-0.4, -0.2) is 71.2 Å². The highest BCUT2D eigenvalue weighted by molar-refractivity contribution is 7.13. The Kier molecular flexibility index (Phi) is 5.09. The van der Waals surface area contributed by atoms with Crippen molar-refractivity contribution in [2.45, 2.75) is 12.6 Å². The number of rotatable bonds is 5. The van der Waals surface area contributed by atoms with Crippen LogP contribution >= 0.6 is 11.3 Å². The summed E-state index contributed by atoms with van der Waals surface area (Å²) in [5.41, 5.74) is 1.08. The molecule has 7 heteroatoms. The van der Waals surface area contributed by atoms with Crippen LogP contribution in [0.2, 0.25) is 0 Å². The average molecular weight is 319 g/mol. The normalized spacial score (nSPS) is 19.7. The first-order valence-corrected chi connectivity index (χ1v) is 8.29. The summed E-state index contributed by atoms with van der Waals surface area (Å²) < 4.78 is 5.81. The first-order chi connectivity index (χ1) is 10.7. The number of morpholine rings is 1. The van der Waals surface area contributed by atoms with Gasteiger partial charge in [0.2, 0.25) is 0 Å². The van der Waals surface area contributed by atoms with E-state index in [4.69, 9.17) is 4.74 Å². The van der Waals surface area contributed by atoms with Gasteiger partial charge in [-0.25, -0.2) is 15.0 Å². The largest absolute Gasteiger partial charge is 0.374 e. The van der Waals surface area contributed by atoms with E-state index in [1.165, 1.54) is 0 Å². The minimum Gasteiger partial charge on any atom is -0.374 e. The van der Waals surface area contributed by atoms with Crippen molar-refractivity contribution in [3.63, 3.8) is 0 Å². The van der Waals surface area contributed by atoms with Gasteiger partial charge in [-0.1, -0.05) is 0 Å². The highest BCUT2D eigenvalue weighted by Gasteiger charge is 2.21. The molecular weight excluding hydrogens is 298 g/mol. The third kappa shape index (κ3) is 4.07. The maximum Gasteiger partial charge on any atom is 0.188 e. The molecule has 1 fully saturated rings. The second-order valence-electron chi connectivity index (χ2n) is 5.71. The van der Waals surface area contributed by atoms with Crippen LogP contribution in [0, 0.1) is 0 Å². The van der Waals surface area contributed by atoms with Gasteiger partial charge in [0.25, 0.3) is 0 Å². The average Bonchev–Trinajstić information content (AvgIpc) is 2.96. The lowest BCUT2D eigenvalue weighted by molar-refractivity contribution is -0.0409. The summed E-state index contributed by atoms with van der Waals surface area (Å²) in [5, 5.41) is 2.98. The van der Waals surface area contributed by atoms with Crippen molar-refractivity contribution in [2.75, 3.05) is 40.3 Å². The molecule has 0 spiro atoms. The van der Waals surface area contributed by atoms with Gasteiger partial charge in [0.1, 0.15) is 0 Å². The van der Waals surface area contributed by atoms with E-state index in [-0.39, 0.29) is 6.10 Å². The van der Waals surface area contributed by atoms with Crippen molar-refractivity contribution in [1.82, 2.24) is 24.8 Å². The Labute approximate surface area is 134 Å². The maximum absolute atomic E-state index is 5.81. The van der Waals surface area contributed by atoms with Gasteiger partial charge in [0.05, 0.1) is 18.4 Å². The third-order valence-corrected chi connectivity index (χ3v) is 4.37. The van der Waals surface area contributed by atoms with E-state index in [2.05, 4.69) is 44.2 Å². The number of hydrogen-bond donors (Lipinski definition) is 0. The number of nitrogens with zero attached hydrogens (tertiary/aromatic N) is 5. The Balaban J connectivity index is 1.60. The van der Waals surface area contributed by atoms with Crippen LogP contribution in [0.5, 0.6) is 0 Å². The van der Waals surface area contributed by atoms with Crippen molar-refractivity contribution in [2.24, 2.45) is 0 Å². The number of hydrogen-bond acceptors (Lipinski definition) is 7. The molecule has 0 bridgehead atoms. The summed E-state index contributed by atoms with van der Waals surface area (Å²) in [4.78, 5) is 17.7. The fourth-order valence-corrected chi connectivity index (χ4v) is 3.32. The molecule has 0 N–H and O–H groups in total. The molecule has 0 unspecified atom stereocenters. The van der Waals surface area contributed by atoms with Gasteiger partial charge in [-0.15, -0.1) is 11.3 Å². The summed E-state index contributed by atoms with van der Waals surface area (Å²) in [6.07, 6.45) is 3.77. The highest BCUT2D eigenvalue weighted by atomic mass is 32.1. The molecule has 2 aromatic rings. The molecule has 1 saturated heterocycles. The van der Waals surface area contributed by atoms with E-state index >= 15 is 0 Å². The number of likely N-dealkylation sites (N-methyl/N-ethyl adjacent to an activating group) is 1. The van der Waals surface area contributed by atoms with E-state index in [1.807, 2.05) is 6.07 Å². The second-order valence-corrected chi connectivity index (χ2v) is 6.56. The maximum atomic E-state index is 5.81. The van der Waals surface area contributed by atoms with Crippen LogP contribution in [0.15, 0.2) is 23.8 Å². The Morgan fingerprint density at radius 1 is 1.36 bits per heavy atom. The van der Waals surface area contributed by atoms with E-state index < -0.39 is 0 Å². The van der Waals surface area contributed by atoms with Crippen LogP contribution in [-0.2, 0) is 11.3 Å². The van der Waals surface area contributed by atoms with Gasteiger partial charge in [0.15, 0.2) is 10.8 Å². The molecule has 1 aliphatic rings. The monoisotopic (exact) mass is 319 g/mol. The molecule has 6 nitrogen and oxygen atoms in total. The number of ether oxygens (including phenoxy) is 1. The fourth-order valence-electron chi connectivity index (χ4n) is 2.56. The molecule has 3 heterocycles. The third-order valence-electron chi connectivity index (χ3n) is 3.49. The topological polar surface area (TPSA) is 54.4 Å². The van der Waals surface area contributed by atoms with E-state index in [1.54, 1.807) is 23.7 Å². The van der Waals surface area contributed by atoms with Crippen LogP contribution in [0.25, 0.3) is 10.8 Å². The summed E-state index contributed by atoms with van der Waals surface area (Å²) in [7, 11) is 4.16. The van der Waals surface area contributed by atoms with Gasteiger partial charge in [-0.2, -0.15) is 0 Å².